The van der Waals surface area contributed by atoms with Crippen LogP contribution >= 0.6 is 0 Å². The number of hydrogen-bond acceptors (Lipinski definition) is 4. The lowest BCUT2D eigenvalue weighted by atomic mass is 10.1. The number of amides is 1. The van der Waals surface area contributed by atoms with Crippen molar-refractivity contribution in [2.75, 3.05) is 5.32 Å². The van der Waals surface area contributed by atoms with Gasteiger partial charge in [0.2, 0.25) is 11.8 Å². The van der Waals surface area contributed by atoms with Crippen molar-refractivity contribution in [2.45, 2.75) is 20.3 Å². The first-order valence-corrected chi connectivity index (χ1v) is 8.05. The number of nitrogens with zero attached hydrogens (tertiary/aromatic N) is 1. The van der Waals surface area contributed by atoms with Crippen LogP contribution in [0.15, 0.2) is 52.9 Å². The van der Waals surface area contributed by atoms with Gasteiger partial charge < -0.3 is 9.73 Å². The molecule has 132 valence electrons. The summed E-state index contributed by atoms with van der Waals surface area (Å²) in [6.45, 7) is 3.19. The van der Waals surface area contributed by atoms with E-state index in [9.17, 15) is 14.0 Å². The Morgan fingerprint density at radius 3 is 2.58 bits per heavy atom. The van der Waals surface area contributed by atoms with E-state index in [0.717, 1.165) is 0 Å². The predicted octanol–water partition coefficient (Wildman–Crippen LogP) is 4.17. The molecule has 3 aromatic rings. The van der Waals surface area contributed by atoms with Crippen LogP contribution < -0.4 is 5.32 Å². The number of aryl methyl sites for hydroxylation is 1. The molecule has 0 saturated heterocycles. The normalized spacial score (nSPS) is 10.6. The summed E-state index contributed by atoms with van der Waals surface area (Å²) in [4.78, 5) is 28.0. The molecule has 26 heavy (non-hydrogen) atoms. The maximum absolute atomic E-state index is 13.0. The fourth-order valence-corrected chi connectivity index (χ4v) is 2.48. The van der Waals surface area contributed by atoms with Crippen molar-refractivity contribution in [1.82, 2.24) is 4.98 Å². The maximum Gasteiger partial charge on any atom is 0.230 e. The summed E-state index contributed by atoms with van der Waals surface area (Å²) in [5, 5.41) is 2.75. The van der Waals surface area contributed by atoms with Gasteiger partial charge in [-0.1, -0.05) is 12.1 Å². The Bertz CT molecular complexity index is 961. The third-order valence-corrected chi connectivity index (χ3v) is 3.86. The lowest BCUT2D eigenvalue weighted by Crippen LogP contribution is -2.15. The Kier molecular flexibility index (Phi) is 4.93. The molecule has 5 nitrogen and oxygen atoms in total. The highest BCUT2D eigenvalue weighted by molar-refractivity contribution is 5.97. The lowest BCUT2D eigenvalue weighted by molar-refractivity contribution is -0.115. The third kappa shape index (κ3) is 4.03. The molecule has 0 fully saturated rings. The Labute approximate surface area is 149 Å². The molecule has 2 aromatic carbocycles. The van der Waals surface area contributed by atoms with Gasteiger partial charge in [0, 0.05) is 16.8 Å². The number of rotatable bonds is 5. The number of halogens is 1. The number of benzene rings is 2. The number of nitrogens with one attached hydrogen (secondary N) is 1. The molecule has 0 aliphatic heterocycles. The molecule has 0 aliphatic rings. The first kappa shape index (κ1) is 17.5. The molecule has 0 aliphatic carbocycles. The van der Waals surface area contributed by atoms with Crippen LogP contribution in [0.1, 0.15) is 28.7 Å². The predicted molar refractivity (Wildman–Crippen MR) is 95.4 cm³/mol. The Morgan fingerprint density at radius 2 is 1.88 bits per heavy atom. The monoisotopic (exact) mass is 352 g/mol. The lowest BCUT2D eigenvalue weighted by Gasteiger charge is -2.05. The SMILES string of the molecule is CC(=O)c1cccc(NC(=O)Cc2nc(-c3ccc(F)cc3)oc2C)c1. The van der Waals surface area contributed by atoms with E-state index in [1.54, 1.807) is 43.3 Å². The molecular weight excluding hydrogens is 335 g/mol. The second kappa shape index (κ2) is 7.31. The molecular formula is C20H17FN2O3. The van der Waals surface area contributed by atoms with Gasteiger partial charge in [-0.3, -0.25) is 9.59 Å². The van der Waals surface area contributed by atoms with Crippen LogP contribution in [0, 0.1) is 12.7 Å². The summed E-state index contributed by atoms with van der Waals surface area (Å²) in [6, 6.07) is 12.5. The number of oxazole rings is 1. The van der Waals surface area contributed by atoms with Crippen molar-refractivity contribution < 1.29 is 18.4 Å². The van der Waals surface area contributed by atoms with Crippen LogP contribution in [0.3, 0.4) is 0 Å². The Hall–Kier alpha value is -3.28. The van der Waals surface area contributed by atoms with Crippen molar-refractivity contribution in [3.8, 4) is 11.5 Å². The van der Waals surface area contributed by atoms with Gasteiger partial charge in [0.05, 0.1) is 12.1 Å². The summed E-state index contributed by atoms with van der Waals surface area (Å²) in [5.74, 6) is 0.176. The van der Waals surface area contributed by atoms with Gasteiger partial charge >= 0.3 is 0 Å². The summed E-state index contributed by atoms with van der Waals surface area (Å²) >= 11 is 0. The summed E-state index contributed by atoms with van der Waals surface area (Å²) in [6.07, 6.45) is 0.0286. The van der Waals surface area contributed by atoms with Crippen LogP contribution in [-0.4, -0.2) is 16.7 Å². The van der Waals surface area contributed by atoms with E-state index >= 15 is 0 Å². The fourth-order valence-electron chi connectivity index (χ4n) is 2.48. The average molecular weight is 352 g/mol. The minimum absolute atomic E-state index is 0.0286. The molecule has 0 radical (unpaired) electrons. The zero-order chi connectivity index (χ0) is 18.7. The van der Waals surface area contributed by atoms with Crippen molar-refractivity contribution in [2.24, 2.45) is 0 Å². The first-order chi connectivity index (χ1) is 12.4. The largest absolute Gasteiger partial charge is 0.441 e. The van der Waals surface area contributed by atoms with Crippen molar-refractivity contribution in [3.63, 3.8) is 0 Å². The van der Waals surface area contributed by atoms with Gasteiger partial charge in [0.15, 0.2) is 5.78 Å². The molecule has 6 heteroatoms. The quantitative estimate of drug-likeness (QED) is 0.700. The topological polar surface area (TPSA) is 72.2 Å². The highest BCUT2D eigenvalue weighted by Crippen LogP contribution is 2.22. The van der Waals surface area contributed by atoms with E-state index in [2.05, 4.69) is 10.3 Å². The summed E-state index contributed by atoms with van der Waals surface area (Å²) in [5.41, 5.74) is 2.21. The molecule has 0 atom stereocenters. The van der Waals surface area contributed by atoms with Crippen LogP contribution in [0.5, 0.6) is 0 Å². The second-order valence-electron chi connectivity index (χ2n) is 5.89. The molecule has 0 saturated carbocycles. The van der Waals surface area contributed by atoms with Gasteiger partial charge in [-0.15, -0.1) is 0 Å². The van der Waals surface area contributed by atoms with Crippen LogP contribution in [0.2, 0.25) is 0 Å². The Morgan fingerprint density at radius 1 is 1.15 bits per heavy atom. The van der Waals surface area contributed by atoms with Crippen LogP contribution in [0.25, 0.3) is 11.5 Å². The highest BCUT2D eigenvalue weighted by Gasteiger charge is 2.15. The second-order valence-corrected chi connectivity index (χ2v) is 5.89. The van der Waals surface area contributed by atoms with Crippen molar-refractivity contribution in [1.29, 1.82) is 0 Å². The molecule has 0 unspecified atom stereocenters. The van der Waals surface area contributed by atoms with Crippen molar-refractivity contribution >= 4 is 17.4 Å². The number of aromatic nitrogens is 1. The van der Waals surface area contributed by atoms with E-state index in [-0.39, 0.29) is 23.9 Å². The number of anilines is 1. The minimum Gasteiger partial charge on any atom is -0.441 e. The summed E-state index contributed by atoms with van der Waals surface area (Å²) in [7, 11) is 0. The first-order valence-electron chi connectivity index (χ1n) is 8.05. The minimum atomic E-state index is -0.343. The van der Waals surface area contributed by atoms with Gasteiger partial charge in [-0.05, 0) is 50.2 Å². The number of ketones is 1. The Balaban J connectivity index is 1.72. The molecule has 3 rings (SSSR count). The average Bonchev–Trinajstić information content (AvgIpc) is 2.96. The molecule has 1 heterocycles. The third-order valence-electron chi connectivity index (χ3n) is 3.86. The highest BCUT2D eigenvalue weighted by atomic mass is 19.1. The molecule has 1 aromatic heterocycles. The number of hydrogen-bond donors (Lipinski definition) is 1. The number of carbonyl (C=O) groups excluding carboxylic acids is 2. The van der Waals surface area contributed by atoms with E-state index in [0.29, 0.717) is 34.2 Å². The van der Waals surface area contributed by atoms with Gasteiger partial charge in [0.25, 0.3) is 0 Å². The summed E-state index contributed by atoms with van der Waals surface area (Å²) < 4.78 is 18.6. The number of carbonyl (C=O) groups is 2. The van der Waals surface area contributed by atoms with E-state index in [1.165, 1.54) is 19.1 Å². The van der Waals surface area contributed by atoms with Gasteiger partial charge in [-0.2, -0.15) is 0 Å². The van der Waals surface area contributed by atoms with Crippen molar-refractivity contribution in [3.05, 3.63) is 71.4 Å². The van der Waals surface area contributed by atoms with Gasteiger partial charge in [0.1, 0.15) is 11.6 Å². The fraction of sp³-hybridized carbons (Fsp3) is 0.150. The zero-order valence-corrected chi connectivity index (χ0v) is 14.4. The molecule has 0 spiro atoms. The van der Waals surface area contributed by atoms with E-state index in [4.69, 9.17) is 4.42 Å². The standard InChI is InChI=1S/C20H17FN2O3/c1-12(24)15-4-3-5-17(10-15)22-19(25)11-18-13(2)26-20(23-18)14-6-8-16(21)9-7-14/h3-10H,11H2,1-2H3,(H,22,25). The smallest absolute Gasteiger partial charge is 0.230 e. The van der Waals surface area contributed by atoms with E-state index < -0.39 is 0 Å². The molecule has 1 amide bonds. The molecule has 1 N–H and O–H groups in total. The van der Waals surface area contributed by atoms with Crippen LogP contribution in [-0.2, 0) is 11.2 Å². The zero-order valence-electron chi connectivity index (χ0n) is 14.4. The van der Waals surface area contributed by atoms with Crippen LogP contribution in [0.4, 0.5) is 10.1 Å². The number of Topliss-reactive ketones (excluding diaryl/α,β-unsaturated/α-hetero) is 1. The molecule has 0 bridgehead atoms. The van der Waals surface area contributed by atoms with E-state index in [1.807, 2.05) is 0 Å². The van der Waals surface area contributed by atoms with Gasteiger partial charge in [-0.25, -0.2) is 9.37 Å². The maximum atomic E-state index is 13.0.